The molecular weight excluding hydrogens is 400 g/mol. The molecule has 0 radical (unpaired) electrons. The van der Waals surface area contributed by atoms with Crippen molar-refractivity contribution in [2.45, 2.75) is 26.7 Å². The highest BCUT2D eigenvalue weighted by atomic mass is 32.1. The average Bonchev–Trinajstić information content (AvgIpc) is 3.20. The number of piperazine rings is 1. The summed E-state index contributed by atoms with van der Waals surface area (Å²) in [5, 5.41) is 6.11. The highest BCUT2D eigenvalue weighted by Gasteiger charge is 2.25. The molecule has 1 saturated heterocycles. The van der Waals surface area contributed by atoms with Crippen LogP contribution in [0.1, 0.15) is 36.4 Å². The van der Waals surface area contributed by atoms with Gasteiger partial charge in [-0.15, -0.1) is 11.3 Å². The molecule has 30 heavy (non-hydrogen) atoms. The molecule has 7 nitrogen and oxygen atoms in total. The van der Waals surface area contributed by atoms with E-state index in [1.54, 1.807) is 29.2 Å². The quantitative estimate of drug-likeness (QED) is 0.726. The number of carbonyl (C=O) groups is 3. The topological polar surface area (TPSA) is 81.8 Å². The second kappa shape index (κ2) is 10.2. The van der Waals surface area contributed by atoms with Gasteiger partial charge in [0.2, 0.25) is 5.91 Å². The van der Waals surface area contributed by atoms with E-state index in [-0.39, 0.29) is 17.8 Å². The van der Waals surface area contributed by atoms with Crippen molar-refractivity contribution in [1.29, 1.82) is 0 Å². The van der Waals surface area contributed by atoms with Crippen molar-refractivity contribution in [2.75, 3.05) is 36.8 Å². The third-order valence-corrected chi connectivity index (χ3v) is 5.93. The zero-order chi connectivity index (χ0) is 21.5. The number of thiophene rings is 1. The van der Waals surface area contributed by atoms with Crippen LogP contribution in [0.25, 0.3) is 0 Å². The van der Waals surface area contributed by atoms with E-state index < -0.39 is 0 Å². The Bertz CT molecular complexity index is 874. The molecule has 0 bridgehead atoms. The van der Waals surface area contributed by atoms with E-state index in [1.165, 1.54) is 11.3 Å². The molecular formula is C22H28N4O3S. The van der Waals surface area contributed by atoms with Gasteiger partial charge in [-0.3, -0.25) is 14.9 Å². The molecule has 4 amide bonds. The predicted octanol–water partition coefficient (Wildman–Crippen LogP) is 4.11. The SMILES string of the molecule is CC(C)CCC(=O)N1CCN(C(=O)c2ccc(NC(=O)Nc3ccccc3)s2)CC1. The number of nitrogens with zero attached hydrogens (tertiary/aromatic N) is 2. The van der Waals surface area contributed by atoms with Crippen LogP contribution in [-0.4, -0.2) is 53.8 Å². The molecule has 3 rings (SSSR count). The molecule has 1 aliphatic rings. The van der Waals surface area contributed by atoms with Gasteiger partial charge in [0.05, 0.1) is 9.88 Å². The first-order chi connectivity index (χ1) is 14.4. The van der Waals surface area contributed by atoms with E-state index in [9.17, 15) is 14.4 Å². The predicted molar refractivity (Wildman–Crippen MR) is 120 cm³/mol. The lowest BCUT2D eigenvalue weighted by molar-refractivity contribution is -0.132. The standard InChI is InChI=1S/C22H28N4O3S/c1-16(2)8-11-20(27)25-12-14-26(15-13-25)21(28)18-9-10-19(30-18)24-22(29)23-17-6-4-3-5-7-17/h3-7,9-10,16H,8,11-15H2,1-2H3,(H2,23,24,29). The van der Waals surface area contributed by atoms with Crippen molar-refractivity contribution in [2.24, 2.45) is 5.92 Å². The maximum Gasteiger partial charge on any atom is 0.324 e. The molecule has 2 aromatic rings. The van der Waals surface area contributed by atoms with Crippen molar-refractivity contribution < 1.29 is 14.4 Å². The van der Waals surface area contributed by atoms with E-state index in [0.717, 1.165) is 6.42 Å². The van der Waals surface area contributed by atoms with Gasteiger partial charge in [-0.2, -0.15) is 0 Å². The number of anilines is 2. The summed E-state index contributed by atoms with van der Waals surface area (Å²) in [5.74, 6) is 0.613. The Morgan fingerprint density at radius 2 is 1.60 bits per heavy atom. The smallest absolute Gasteiger partial charge is 0.324 e. The monoisotopic (exact) mass is 428 g/mol. The van der Waals surface area contributed by atoms with Crippen molar-refractivity contribution in [3.63, 3.8) is 0 Å². The van der Waals surface area contributed by atoms with Crippen LogP contribution in [0.2, 0.25) is 0 Å². The Labute approximate surface area is 181 Å². The summed E-state index contributed by atoms with van der Waals surface area (Å²) < 4.78 is 0. The van der Waals surface area contributed by atoms with Gasteiger partial charge in [0.15, 0.2) is 0 Å². The molecule has 2 N–H and O–H groups in total. The molecule has 160 valence electrons. The first-order valence-electron chi connectivity index (χ1n) is 10.2. The van der Waals surface area contributed by atoms with E-state index in [0.29, 0.717) is 54.1 Å². The van der Waals surface area contributed by atoms with Crippen LogP contribution in [0.4, 0.5) is 15.5 Å². The van der Waals surface area contributed by atoms with Gasteiger partial charge in [-0.25, -0.2) is 4.79 Å². The highest BCUT2D eigenvalue weighted by Crippen LogP contribution is 2.24. The normalized spacial score (nSPS) is 14.0. The summed E-state index contributed by atoms with van der Waals surface area (Å²) in [7, 11) is 0. The number of hydrogen-bond donors (Lipinski definition) is 2. The van der Waals surface area contributed by atoms with Crippen LogP contribution in [-0.2, 0) is 4.79 Å². The number of rotatable bonds is 6. The Kier molecular flexibility index (Phi) is 7.46. The first-order valence-corrected chi connectivity index (χ1v) is 11.0. The third-order valence-electron chi connectivity index (χ3n) is 4.94. The molecule has 0 atom stereocenters. The zero-order valence-electron chi connectivity index (χ0n) is 17.4. The molecule has 0 aliphatic carbocycles. The lowest BCUT2D eigenvalue weighted by Crippen LogP contribution is -2.50. The number of carbonyl (C=O) groups excluding carboxylic acids is 3. The van der Waals surface area contributed by atoms with Crippen LogP contribution < -0.4 is 10.6 Å². The number of benzene rings is 1. The number of hydrogen-bond acceptors (Lipinski definition) is 4. The fourth-order valence-corrected chi connectivity index (χ4v) is 4.07. The second-order valence-corrected chi connectivity index (χ2v) is 8.80. The molecule has 0 unspecified atom stereocenters. The van der Waals surface area contributed by atoms with Gasteiger partial charge >= 0.3 is 6.03 Å². The van der Waals surface area contributed by atoms with Crippen LogP contribution in [0.3, 0.4) is 0 Å². The first kappa shape index (κ1) is 21.8. The number of urea groups is 1. The lowest BCUT2D eigenvalue weighted by atomic mass is 10.1. The lowest BCUT2D eigenvalue weighted by Gasteiger charge is -2.34. The van der Waals surface area contributed by atoms with Crippen molar-refractivity contribution in [3.05, 3.63) is 47.3 Å². The second-order valence-electron chi connectivity index (χ2n) is 7.71. The fraction of sp³-hybridized carbons (Fsp3) is 0.409. The van der Waals surface area contributed by atoms with Gasteiger partial charge in [-0.1, -0.05) is 32.0 Å². The molecule has 2 heterocycles. The number of para-hydroxylation sites is 1. The molecule has 1 aromatic heterocycles. The Morgan fingerprint density at radius 1 is 0.933 bits per heavy atom. The van der Waals surface area contributed by atoms with Crippen molar-refractivity contribution in [3.8, 4) is 0 Å². The van der Waals surface area contributed by atoms with E-state index in [4.69, 9.17) is 0 Å². The minimum Gasteiger partial charge on any atom is -0.339 e. The van der Waals surface area contributed by atoms with Gasteiger partial charge in [0, 0.05) is 38.3 Å². The fourth-order valence-electron chi connectivity index (χ4n) is 3.20. The minimum absolute atomic E-state index is 0.0641. The van der Waals surface area contributed by atoms with Crippen molar-refractivity contribution in [1.82, 2.24) is 9.80 Å². The molecule has 1 fully saturated rings. The molecule has 1 aromatic carbocycles. The third kappa shape index (κ3) is 6.06. The molecule has 8 heteroatoms. The summed E-state index contributed by atoms with van der Waals surface area (Å²) in [6.07, 6.45) is 1.46. The summed E-state index contributed by atoms with van der Waals surface area (Å²) in [6.45, 7) is 6.42. The zero-order valence-corrected chi connectivity index (χ0v) is 18.2. The van der Waals surface area contributed by atoms with Gasteiger partial charge < -0.3 is 15.1 Å². The summed E-state index contributed by atoms with van der Waals surface area (Å²) in [4.78, 5) is 41.4. The van der Waals surface area contributed by atoms with Crippen LogP contribution in [0, 0.1) is 5.92 Å². The average molecular weight is 429 g/mol. The van der Waals surface area contributed by atoms with E-state index in [2.05, 4.69) is 24.5 Å². The largest absolute Gasteiger partial charge is 0.339 e. The maximum atomic E-state index is 12.8. The van der Waals surface area contributed by atoms with Gasteiger partial charge in [-0.05, 0) is 36.6 Å². The van der Waals surface area contributed by atoms with Crippen LogP contribution in [0.5, 0.6) is 0 Å². The highest BCUT2D eigenvalue weighted by molar-refractivity contribution is 7.18. The molecule has 0 saturated carbocycles. The summed E-state index contributed by atoms with van der Waals surface area (Å²) in [5.41, 5.74) is 0.698. The minimum atomic E-state index is -0.351. The number of nitrogens with one attached hydrogen (secondary N) is 2. The number of amides is 4. The van der Waals surface area contributed by atoms with E-state index >= 15 is 0 Å². The van der Waals surface area contributed by atoms with Gasteiger partial charge in [0.25, 0.3) is 5.91 Å². The van der Waals surface area contributed by atoms with Crippen LogP contribution in [0.15, 0.2) is 42.5 Å². The molecule has 0 spiro atoms. The summed E-state index contributed by atoms with van der Waals surface area (Å²) >= 11 is 1.25. The van der Waals surface area contributed by atoms with Gasteiger partial charge in [0.1, 0.15) is 0 Å². The Balaban J connectivity index is 1.48. The maximum absolute atomic E-state index is 12.8. The Morgan fingerprint density at radius 3 is 2.27 bits per heavy atom. The van der Waals surface area contributed by atoms with E-state index in [1.807, 2.05) is 23.1 Å². The molecule has 1 aliphatic heterocycles. The van der Waals surface area contributed by atoms with Crippen molar-refractivity contribution >= 4 is 39.9 Å². The summed E-state index contributed by atoms with van der Waals surface area (Å²) in [6, 6.07) is 12.3. The van der Waals surface area contributed by atoms with Crippen LogP contribution >= 0.6 is 11.3 Å². The Hall–Kier alpha value is -2.87.